The fourth-order valence-corrected chi connectivity index (χ4v) is 4.29. The molecule has 1 N–H and O–H groups in total. The minimum Gasteiger partial charge on any atom is -0.495 e. The van der Waals surface area contributed by atoms with Crippen LogP contribution >= 0.6 is 27.5 Å². The number of sulfonamides is 1. The van der Waals surface area contributed by atoms with E-state index < -0.39 is 22.5 Å². The van der Waals surface area contributed by atoms with E-state index in [0.29, 0.717) is 27.3 Å². The summed E-state index contributed by atoms with van der Waals surface area (Å²) in [6, 6.07) is 7.80. The van der Waals surface area contributed by atoms with Crippen LogP contribution in [0, 0.1) is 0 Å². The van der Waals surface area contributed by atoms with Gasteiger partial charge in [0.05, 0.1) is 49.0 Å². The van der Waals surface area contributed by atoms with Gasteiger partial charge in [0, 0.05) is 0 Å². The first-order chi connectivity index (χ1) is 14.6. The molecule has 0 spiro atoms. The molecule has 0 aromatic heterocycles. The quantitative estimate of drug-likeness (QED) is 0.391. The Morgan fingerprint density at radius 1 is 1.16 bits per heavy atom. The Kier molecular flexibility index (Phi) is 8.54. The molecule has 0 saturated heterocycles. The molecule has 0 saturated carbocycles. The minimum atomic E-state index is -3.76. The van der Waals surface area contributed by atoms with Crippen LogP contribution in [0.4, 0.5) is 5.69 Å². The zero-order valence-electron chi connectivity index (χ0n) is 17.2. The molecule has 2 rings (SSSR count). The summed E-state index contributed by atoms with van der Waals surface area (Å²) in [7, 11) is 0.690. The van der Waals surface area contributed by atoms with Gasteiger partial charge >= 0.3 is 0 Å². The first-order valence-electron chi connectivity index (χ1n) is 8.65. The summed E-state index contributed by atoms with van der Waals surface area (Å²) in [6.07, 6.45) is 2.38. The fraction of sp³-hybridized carbons (Fsp3) is 0.263. The van der Waals surface area contributed by atoms with Crippen LogP contribution in [0.3, 0.4) is 0 Å². The molecule has 9 nitrogen and oxygen atoms in total. The Labute approximate surface area is 194 Å². The number of amides is 1. The molecule has 0 heterocycles. The molecule has 0 radical (unpaired) electrons. The van der Waals surface area contributed by atoms with Gasteiger partial charge in [0.25, 0.3) is 5.91 Å². The van der Waals surface area contributed by atoms with Crippen molar-refractivity contribution in [2.24, 2.45) is 5.10 Å². The predicted molar refractivity (Wildman–Crippen MR) is 123 cm³/mol. The van der Waals surface area contributed by atoms with E-state index in [-0.39, 0.29) is 10.7 Å². The van der Waals surface area contributed by atoms with Gasteiger partial charge in [-0.15, -0.1) is 0 Å². The Bertz CT molecular complexity index is 1090. The van der Waals surface area contributed by atoms with Crippen LogP contribution < -0.4 is 23.9 Å². The maximum Gasteiger partial charge on any atom is 0.260 e. The van der Waals surface area contributed by atoms with Crippen molar-refractivity contribution >= 4 is 55.4 Å². The van der Waals surface area contributed by atoms with E-state index in [0.717, 1.165) is 10.6 Å². The lowest BCUT2D eigenvalue weighted by atomic mass is 10.2. The average Bonchev–Trinajstić information content (AvgIpc) is 2.70. The molecule has 168 valence electrons. The highest BCUT2D eigenvalue weighted by molar-refractivity contribution is 9.10. The lowest BCUT2D eigenvalue weighted by molar-refractivity contribution is -0.119. The smallest absolute Gasteiger partial charge is 0.260 e. The van der Waals surface area contributed by atoms with Crippen molar-refractivity contribution in [1.29, 1.82) is 0 Å². The van der Waals surface area contributed by atoms with E-state index in [4.69, 9.17) is 25.8 Å². The van der Waals surface area contributed by atoms with E-state index in [2.05, 4.69) is 26.5 Å². The lowest BCUT2D eigenvalue weighted by Crippen LogP contribution is -2.39. The topological polar surface area (TPSA) is 107 Å². The summed E-state index contributed by atoms with van der Waals surface area (Å²) in [6.45, 7) is -0.492. The van der Waals surface area contributed by atoms with Gasteiger partial charge in [0.2, 0.25) is 10.0 Å². The molecule has 2 aromatic rings. The normalized spacial score (nSPS) is 11.3. The van der Waals surface area contributed by atoms with Gasteiger partial charge in [-0.1, -0.05) is 11.6 Å². The number of nitrogens with zero attached hydrogens (tertiary/aromatic N) is 2. The van der Waals surface area contributed by atoms with Crippen LogP contribution in [0.2, 0.25) is 5.02 Å². The van der Waals surface area contributed by atoms with E-state index in [9.17, 15) is 13.2 Å². The molecule has 0 aliphatic rings. The number of hydrogen-bond donors (Lipinski definition) is 1. The Hall–Kier alpha value is -2.50. The third kappa shape index (κ3) is 6.49. The van der Waals surface area contributed by atoms with Crippen molar-refractivity contribution in [1.82, 2.24) is 5.43 Å². The highest BCUT2D eigenvalue weighted by Crippen LogP contribution is 2.35. The Balaban J connectivity index is 2.15. The molecular formula is C19H21BrClN3O6S. The van der Waals surface area contributed by atoms with Gasteiger partial charge in [-0.05, 0) is 51.8 Å². The molecule has 0 aliphatic carbocycles. The van der Waals surface area contributed by atoms with Crippen LogP contribution in [-0.2, 0) is 14.8 Å². The van der Waals surface area contributed by atoms with E-state index >= 15 is 0 Å². The van der Waals surface area contributed by atoms with E-state index in [1.807, 2.05) is 0 Å². The number of rotatable bonds is 9. The monoisotopic (exact) mass is 533 g/mol. The first-order valence-corrected chi connectivity index (χ1v) is 11.7. The molecule has 0 unspecified atom stereocenters. The van der Waals surface area contributed by atoms with Gasteiger partial charge in [0.1, 0.15) is 12.3 Å². The fourth-order valence-electron chi connectivity index (χ4n) is 2.57. The van der Waals surface area contributed by atoms with Gasteiger partial charge in [-0.3, -0.25) is 9.10 Å². The number of benzene rings is 2. The van der Waals surface area contributed by atoms with Crippen molar-refractivity contribution in [3.8, 4) is 17.2 Å². The predicted octanol–water partition coefficient (Wildman–Crippen LogP) is 3.04. The summed E-state index contributed by atoms with van der Waals surface area (Å²) < 4.78 is 41.5. The number of halogens is 2. The van der Waals surface area contributed by atoms with Crippen molar-refractivity contribution in [2.75, 3.05) is 38.4 Å². The molecule has 12 heteroatoms. The number of hydrazone groups is 1. The summed E-state index contributed by atoms with van der Waals surface area (Å²) in [5, 5.41) is 4.09. The van der Waals surface area contributed by atoms with Crippen molar-refractivity contribution in [2.45, 2.75) is 0 Å². The average molecular weight is 535 g/mol. The molecule has 2 aromatic carbocycles. The zero-order chi connectivity index (χ0) is 23.2. The van der Waals surface area contributed by atoms with Crippen molar-refractivity contribution in [3.05, 3.63) is 45.4 Å². The maximum atomic E-state index is 12.3. The molecular weight excluding hydrogens is 514 g/mol. The number of carbonyl (C=O) groups is 1. The highest BCUT2D eigenvalue weighted by atomic mass is 79.9. The number of anilines is 1. The molecule has 0 bridgehead atoms. The zero-order valence-corrected chi connectivity index (χ0v) is 20.3. The van der Waals surface area contributed by atoms with Crippen LogP contribution in [0.5, 0.6) is 17.2 Å². The number of carbonyl (C=O) groups excluding carboxylic acids is 1. The summed E-state index contributed by atoms with van der Waals surface area (Å²) in [5.41, 5.74) is 3.14. The minimum absolute atomic E-state index is 0.214. The van der Waals surface area contributed by atoms with Gasteiger partial charge in [0.15, 0.2) is 11.5 Å². The van der Waals surface area contributed by atoms with Crippen LogP contribution in [0.15, 0.2) is 39.9 Å². The third-order valence-electron chi connectivity index (χ3n) is 3.97. The summed E-state index contributed by atoms with van der Waals surface area (Å²) >= 11 is 9.45. The maximum absolute atomic E-state index is 12.3. The molecule has 1 amide bonds. The van der Waals surface area contributed by atoms with Gasteiger partial charge < -0.3 is 14.2 Å². The van der Waals surface area contributed by atoms with E-state index in [1.165, 1.54) is 45.7 Å². The molecule has 31 heavy (non-hydrogen) atoms. The molecule has 0 fully saturated rings. The lowest BCUT2D eigenvalue weighted by Gasteiger charge is -2.22. The Morgan fingerprint density at radius 3 is 2.39 bits per heavy atom. The second-order valence-electron chi connectivity index (χ2n) is 6.12. The number of hydrogen-bond acceptors (Lipinski definition) is 7. The third-order valence-corrected chi connectivity index (χ3v) is 5.99. The van der Waals surface area contributed by atoms with Crippen molar-refractivity contribution < 1.29 is 27.4 Å². The van der Waals surface area contributed by atoms with E-state index in [1.54, 1.807) is 12.1 Å². The second-order valence-corrected chi connectivity index (χ2v) is 9.29. The highest BCUT2D eigenvalue weighted by Gasteiger charge is 2.21. The molecule has 0 aliphatic heterocycles. The van der Waals surface area contributed by atoms with Crippen LogP contribution in [0.25, 0.3) is 0 Å². The number of methoxy groups -OCH3 is 3. The van der Waals surface area contributed by atoms with Crippen molar-refractivity contribution in [3.63, 3.8) is 0 Å². The van der Waals surface area contributed by atoms with Crippen LogP contribution in [-0.4, -0.2) is 54.7 Å². The Morgan fingerprint density at radius 2 is 1.84 bits per heavy atom. The second kappa shape index (κ2) is 10.7. The molecule has 0 atom stereocenters. The summed E-state index contributed by atoms with van der Waals surface area (Å²) in [5.74, 6) is 0.733. The number of ether oxygens (including phenoxy) is 3. The largest absolute Gasteiger partial charge is 0.495 e. The van der Waals surface area contributed by atoms with Gasteiger partial charge in [-0.2, -0.15) is 5.10 Å². The first kappa shape index (κ1) is 24.8. The van der Waals surface area contributed by atoms with Gasteiger partial charge in [-0.25, -0.2) is 13.8 Å². The summed E-state index contributed by atoms with van der Waals surface area (Å²) in [4.78, 5) is 12.3. The number of nitrogens with one attached hydrogen (secondary N) is 1. The SMILES string of the molecule is COc1ccc(N(CC(=O)N/N=C\c2cc(Br)c(OC)c(OC)c2)S(C)(=O)=O)cc1Cl. The standard InChI is InChI=1S/C19H21BrClN3O6S/c1-28-16-6-5-13(9-15(16)21)24(31(4,26)27)11-18(25)23-22-10-12-7-14(20)19(30-3)17(8-12)29-2/h5-10H,11H2,1-4H3,(H,23,25)/b22-10-. The van der Waals surface area contributed by atoms with Crippen LogP contribution in [0.1, 0.15) is 5.56 Å².